The van der Waals surface area contributed by atoms with Crippen LogP contribution in [0.3, 0.4) is 0 Å². The van der Waals surface area contributed by atoms with E-state index in [4.69, 9.17) is 9.47 Å². The molecule has 0 bridgehead atoms. The van der Waals surface area contributed by atoms with Gasteiger partial charge in [-0.25, -0.2) is 0 Å². The minimum absolute atomic E-state index is 0.614. The van der Waals surface area contributed by atoms with Crippen LogP contribution in [0.1, 0.15) is 11.1 Å². The average molecular weight is 347 g/mol. The summed E-state index contributed by atoms with van der Waals surface area (Å²) in [6, 6.07) is 26.5. The molecule has 3 rings (SSSR count). The zero-order chi connectivity index (χ0) is 18.0. The third-order valence-electron chi connectivity index (χ3n) is 4.03. The quantitative estimate of drug-likeness (QED) is 0.546. The molecular formula is C23H25NO2. The summed E-state index contributed by atoms with van der Waals surface area (Å²) in [7, 11) is 0. The van der Waals surface area contributed by atoms with Crippen molar-refractivity contribution < 1.29 is 9.47 Å². The van der Waals surface area contributed by atoms with E-state index in [9.17, 15) is 0 Å². The van der Waals surface area contributed by atoms with Gasteiger partial charge in [-0.15, -0.1) is 0 Å². The van der Waals surface area contributed by atoms with Crippen molar-refractivity contribution in [2.45, 2.75) is 13.3 Å². The summed E-state index contributed by atoms with van der Waals surface area (Å²) in [5.41, 5.74) is 3.53. The Morgan fingerprint density at radius 3 is 2.27 bits per heavy atom. The van der Waals surface area contributed by atoms with Crippen LogP contribution < -0.4 is 14.8 Å². The third kappa shape index (κ3) is 5.85. The van der Waals surface area contributed by atoms with Crippen molar-refractivity contribution in [2.24, 2.45) is 0 Å². The molecule has 0 unspecified atom stereocenters. The molecule has 3 aromatic rings. The van der Waals surface area contributed by atoms with Crippen LogP contribution in [-0.4, -0.2) is 19.8 Å². The van der Waals surface area contributed by atoms with E-state index < -0.39 is 0 Å². The Morgan fingerprint density at radius 2 is 1.46 bits per heavy atom. The highest BCUT2D eigenvalue weighted by molar-refractivity contribution is 5.48. The Hall–Kier alpha value is -2.94. The van der Waals surface area contributed by atoms with Crippen LogP contribution in [0.5, 0.6) is 11.5 Å². The van der Waals surface area contributed by atoms with Gasteiger partial charge >= 0.3 is 0 Å². The summed E-state index contributed by atoms with van der Waals surface area (Å²) < 4.78 is 11.6. The molecule has 0 aliphatic carbocycles. The average Bonchev–Trinajstić information content (AvgIpc) is 2.67. The van der Waals surface area contributed by atoms with E-state index in [0.29, 0.717) is 13.2 Å². The highest BCUT2D eigenvalue weighted by atomic mass is 16.5. The lowest BCUT2D eigenvalue weighted by atomic mass is 10.2. The SMILES string of the molecule is Cc1cccc(OCCNc2cccc(OCCc3ccccc3)c2)c1. The van der Waals surface area contributed by atoms with Crippen molar-refractivity contribution >= 4 is 5.69 Å². The molecule has 0 aromatic heterocycles. The highest BCUT2D eigenvalue weighted by Crippen LogP contribution is 2.18. The van der Waals surface area contributed by atoms with Gasteiger partial charge in [0.2, 0.25) is 0 Å². The molecule has 0 saturated heterocycles. The number of aryl methyl sites for hydroxylation is 1. The second-order valence-electron chi connectivity index (χ2n) is 6.20. The predicted octanol–water partition coefficient (Wildman–Crippen LogP) is 5.11. The summed E-state index contributed by atoms with van der Waals surface area (Å²) in [5.74, 6) is 1.79. The molecule has 0 fully saturated rings. The largest absolute Gasteiger partial charge is 0.493 e. The first-order chi connectivity index (χ1) is 12.8. The Kier molecular flexibility index (Phi) is 6.54. The number of hydrogen-bond acceptors (Lipinski definition) is 3. The first kappa shape index (κ1) is 17.9. The molecular weight excluding hydrogens is 322 g/mol. The zero-order valence-corrected chi connectivity index (χ0v) is 15.2. The molecule has 0 spiro atoms. The summed E-state index contributed by atoms with van der Waals surface area (Å²) in [6.07, 6.45) is 0.906. The van der Waals surface area contributed by atoms with Gasteiger partial charge < -0.3 is 14.8 Å². The number of benzene rings is 3. The molecule has 134 valence electrons. The molecule has 0 atom stereocenters. The van der Waals surface area contributed by atoms with E-state index in [1.54, 1.807) is 0 Å². The fourth-order valence-electron chi connectivity index (χ4n) is 2.70. The summed E-state index contributed by atoms with van der Waals surface area (Å²) in [5, 5.41) is 3.37. The van der Waals surface area contributed by atoms with E-state index >= 15 is 0 Å². The lowest BCUT2D eigenvalue weighted by molar-refractivity contribution is 0.322. The van der Waals surface area contributed by atoms with Crippen molar-refractivity contribution in [3.63, 3.8) is 0 Å². The second-order valence-corrected chi connectivity index (χ2v) is 6.20. The van der Waals surface area contributed by atoms with Gasteiger partial charge in [-0.3, -0.25) is 0 Å². The summed E-state index contributed by atoms with van der Waals surface area (Å²) in [4.78, 5) is 0. The Balaban J connectivity index is 1.40. The molecule has 26 heavy (non-hydrogen) atoms. The van der Waals surface area contributed by atoms with Gasteiger partial charge in [-0.2, -0.15) is 0 Å². The van der Waals surface area contributed by atoms with Crippen LogP contribution >= 0.6 is 0 Å². The van der Waals surface area contributed by atoms with E-state index in [1.165, 1.54) is 11.1 Å². The van der Waals surface area contributed by atoms with Crippen molar-refractivity contribution in [1.29, 1.82) is 0 Å². The van der Waals surface area contributed by atoms with Crippen LogP contribution in [0.15, 0.2) is 78.9 Å². The smallest absolute Gasteiger partial charge is 0.121 e. The molecule has 1 N–H and O–H groups in total. The van der Waals surface area contributed by atoms with Crippen LogP contribution in [0.2, 0.25) is 0 Å². The van der Waals surface area contributed by atoms with Crippen LogP contribution in [0.25, 0.3) is 0 Å². The topological polar surface area (TPSA) is 30.5 Å². The number of rotatable bonds is 9. The lowest BCUT2D eigenvalue weighted by Crippen LogP contribution is -2.11. The predicted molar refractivity (Wildman–Crippen MR) is 107 cm³/mol. The standard InChI is InChI=1S/C23H25NO2/c1-19-7-5-11-22(17-19)26-16-14-24-21-10-6-12-23(18-21)25-15-13-20-8-3-2-4-9-20/h2-12,17-18,24H,13-16H2,1H3. The van der Waals surface area contributed by atoms with Gasteiger partial charge in [0.15, 0.2) is 0 Å². The van der Waals surface area contributed by atoms with E-state index in [-0.39, 0.29) is 0 Å². The summed E-state index contributed by atoms with van der Waals surface area (Å²) in [6.45, 7) is 4.09. The normalized spacial score (nSPS) is 10.3. The molecule has 3 heteroatoms. The number of hydrogen-bond donors (Lipinski definition) is 1. The van der Waals surface area contributed by atoms with Crippen molar-refractivity contribution in [1.82, 2.24) is 0 Å². The minimum Gasteiger partial charge on any atom is -0.493 e. The second kappa shape index (κ2) is 9.52. The van der Waals surface area contributed by atoms with E-state index in [2.05, 4.69) is 42.6 Å². The third-order valence-corrected chi connectivity index (χ3v) is 4.03. The molecule has 0 aliphatic rings. The van der Waals surface area contributed by atoms with Gasteiger partial charge in [-0.1, -0.05) is 48.5 Å². The first-order valence-electron chi connectivity index (χ1n) is 9.00. The number of nitrogens with one attached hydrogen (secondary N) is 1. The Bertz CT molecular complexity index is 802. The zero-order valence-electron chi connectivity index (χ0n) is 15.2. The van der Waals surface area contributed by atoms with Gasteiger partial charge in [0.1, 0.15) is 18.1 Å². The van der Waals surface area contributed by atoms with Gasteiger partial charge in [-0.05, 0) is 42.3 Å². The lowest BCUT2D eigenvalue weighted by Gasteiger charge is -2.11. The molecule has 0 aliphatic heterocycles. The van der Waals surface area contributed by atoms with Crippen LogP contribution in [-0.2, 0) is 6.42 Å². The molecule has 0 amide bonds. The van der Waals surface area contributed by atoms with Crippen molar-refractivity contribution in [3.8, 4) is 11.5 Å². The van der Waals surface area contributed by atoms with E-state index in [1.807, 2.05) is 48.5 Å². The maximum absolute atomic E-state index is 5.87. The van der Waals surface area contributed by atoms with Gasteiger partial charge in [0.25, 0.3) is 0 Å². The van der Waals surface area contributed by atoms with Crippen LogP contribution in [0, 0.1) is 6.92 Å². The Morgan fingerprint density at radius 1 is 0.731 bits per heavy atom. The monoisotopic (exact) mass is 347 g/mol. The maximum Gasteiger partial charge on any atom is 0.121 e. The Labute approximate surface area is 155 Å². The van der Waals surface area contributed by atoms with Gasteiger partial charge in [0, 0.05) is 24.7 Å². The number of anilines is 1. The summed E-state index contributed by atoms with van der Waals surface area (Å²) >= 11 is 0. The number of ether oxygens (including phenoxy) is 2. The van der Waals surface area contributed by atoms with Crippen LogP contribution in [0.4, 0.5) is 5.69 Å². The molecule has 3 nitrogen and oxygen atoms in total. The maximum atomic E-state index is 5.87. The minimum atomic E-state index is 0.614. The highest BCUT2D eigenvalue weighted by Gasteiger charge is 1.99. The van der Waals surface area contributed by atoms with Crippen molar-refractivity contribution in [2.75, 3.05) is 25.1 Å². The van der Waals surface area contributed by atoms with Gasteiger partial charge in [0.05, 0.1) is 6.61 Å². The fraction of sp³-hybridized carbons (Fsp3) is 0.217. The molecule has 0 heterocycles. The van der Waals surface area contributed by atoms with Crippen molar-refractivity contribution in [3.05, 3.63) is 90.0 Å². The fourth-order valence-corrected chi connectivity index (χ4v) is 2.70. The molecule has 0 saturated carbocycles. The molecule has 0 radical (unpaired) electrons. The first-order valence-corrected chi connectivity index (χ1v) is 9.00. The van der Waals surface area contributed by atoms with E-state index in [0.717, 1.165) is 30.2 Å². The molecule has 3 aromatic carbocycles.